The fraction of sp³-hybridized carbons (Fsp3) is 0.538. The summed E-state index contributed by atoms with van der Waals surface area (Å²) in [6.45, 7) is 5.92. The molecule has 0 unspecified atom stereocenters. The second kappa shape index (κ2) is 5.02. The number of hydrogen-bond acceptors (Lipinski definition) is 3. The lowest BCUT2D eigenvalue weighted by Crippen LogP contribution is -2.45. The van der Waals surface area contributed by atoms with Crippen molar-refractivity contribution >= 4 is 5.69 Å². The molecule has 0 aliphatic carbocycles. The zero-order valence-corrected chi connectivity index (χ0v) is 10.5. The number of nitrogens with two attached hydrogens (primary N) is 1. The second-order valence-electron chi connectivity index (χ2n) is 4.78. The molecule has 17 heavy (non-hydrogen) atoms. The molecule has 1 atom stereocenters. The van der Waals surface area contributed by atoms with Gasteiger partial charge < -0.3 is 15.5 Å². The van der Waals surface area contributed by atoms with Crippen LogP contribution in [0.25, 0.3) is 0 Å². The van der Waals surface area contributed by atoms with Crippen LogP contribution in [0, 0.1) is 5.82 Å². The number of piperazine rings is 1. The summed E-state index contributed by atoms with van der Waals surface area (Å²) in [7, 11) is 2.12. The predicted octanol–water partition coefficient (Wildman–Crippen LogP) is 1.60. The molecule has 4 heteroatoms. The highest BCUT2D eigenvalue weighted by molar-refractivity contribution is 5.55. The largest absolute Gasteiger partial charge is 0.369 e. The first-order valence-corrected chi connectivity index (χ1v) is 6.06. The van der Waals surface area contributed by atoms with Gasteiger partial charge in [0.15, 0.2) is 0 Å². The van der Waals surface area contributed by atoms with Gasteiger partial charge in [-0.2, -0.15) is 0 Å². The molecule has 1 fully saturated rings. The maximum atomic E-state index is 13.3. The van der Waals surface area contributed by atoms with Gasteiger partial charge in [0.05, 0.1) is 0 Å². The Labute approximate surface area is 102 Å². The van der Waals surface area contributed by atoms with Crippen LogP contribution in [0.5, 0.6) is 0 Å². The minimum atomic E-state index is -0.213. The van der Waals surface area contributed by atoms with Crippen molar-refractivity contribution in [2.75, 3.05) is 38.1 Å². The first kappa shape index (κ1) is 12.3. The first-order valence-electron chi connectivity index (χ1n) is 6.06. The van der Waals surface area contributed by atoms with Crippen LogP contribution in [-0.2, 0) is 0 Å². The minimum Gasteiger partial charge on any atom is -0.369 e. The van der Waals surface area contributed by atoms with Crippen molar-refractivity contribution in [3.63, 3.8) is 0 Å². The maximum absolute atomic E-state index is 13.3. The Hall–Kier alpha value is -1.13. The molecule has 1 aromatic carbocycles. The van der Waals surface area contributed by atoms with Gasteiger partial charge in [-0.15, -0.1) is 0 Å². The van der Waals surface area contributed by atoms with E-state index in [-0.39, 0.29) is 11.9 Å². The van der Waals surface area contributed by atoms with Crippen LogP contribution < -0.4 is 10.6 Å². The van der Waals surface area contributed by atoms with Gasteiger partial charge in [-0.05, 0) is 37.7 Å². The summed E-state index contributed by atoms with van der Waals surface area (Å²) in [5.41, 5.74) is 7.89. The van der Waals surface area contributed by atoms with Gasteiger partial charge in [-0.1, -0.05) is 0 Å². The molecule has 1 aliphatic rings. The molecule has 2 N–H and O–H groups in total. The molecule has 0 aromatic heterocycles. The molecule has 0 amide bonds. The quantitative estimate of drug-likeness (QED) is 0.848. The van der Waals surface area contributed by atoms with Crippen LogP contribution >= 0.6 is 0 Å². The molecule has 1 aromatic rings. The predicted molar refractivity (Wildman–Crippen MR) is 68.7 cm³/mol. The van der Waals surface area contributed by atoms with Crippen LogP contribution in [-0.4, -0.2) is 38.1 Å². The van der Waals surface area contributed by atoms with Gasteiger partial charge >= 0.3 is 0 Å². The second-order valence-corrected chi connectivity index (χ2v) is 4.78. The Balaban J connectivity index is 2.25. The zero-order valence-electron chi connectivity index (χ0n) is 10.5. The smallest absolute Gasteiger partial charge is 0.123 e. The fourth-order valence-corrected chi connectivity index (χ4v) is 2.23. The van der Waals surface area contributed by atoms with Crippen molar-refractivity contribution in [2.24, 2.45) is 5.73 Å². The summed E-state index contributed by atoms with van der Waals surface area (Å²) in [5.74, 6) is -0.213. The number of benzene rings is 1. The molecule has 1 aliphatic heterocycles. The summed E-state index contributed by atoms with van der Waals surface area (Å²) in [4.78, 5) is 4.59. The molecule has 3 nitrogen and oxygen atoms in total. The van der Waals surface area contributed by atoms with Crippen molar-refractivity contribution < 1.29 is 4.39 Å². The van der Waals surface area contributed by atoms with E-state index in [1.165, 1.54) is 6.07 Å². The molecule has 1 saturated heterocycles. The van der Waals surface area contributed by atoms with Gasteiger partial charge in [0.2, 0.25) is 0 Å². The molecular formula is C13H20FN3. The van der Waals surface area contributed by atoms with Crippen LogP contribution in [0.4, 0.5) is 10.1 Å². The van der Waals surface area contributed by atoms with Gasteiger partial charge in [-0.25, -0.2) is 4.39 Å². The number of halogens is 1. The third-order valence-electron chi connectivity index (χ3n) is 3.32. The van der Waals surface area contributed by atoms with E-state index >= 15 is 0 Å². The third-order valence-corrected chi connectivity index (χ3v) is 3.32. The number of hydrogen-bond donors (Lipinski definition) is 1. The lowest BCUT2D eigenvalue weighted by Gasteiger charge is -2.35. The van der Waals surface area contributed by atoms with Crippen molar-refractivity contribution in [1.29, 1.82) is 0 Å². The number of anilines is 1. The van der Waals surface area contributed by atoms with Crippen molar-refractivity contribution in [3.05, 3.63) is 29.6 Å². The van der Waals surface area contributed by atoms with Gasteiger partial charge in [0, 0.05) is 37.9 Å². The summed E-state index contributed by atoms with van der Waals surface area (Å²) in [6, 6.07) is 4.78. The van der Waals surface area contributed by atoms with E-state index in [2.05, 4.69) is 16.8 Å². The number of rotatable bonds is 2. The Morgan fingerprint density at radius 1 is 1.24 bits per heavy atom. The van der Waals surface area contributed by atoms with E-state index in [1.54, 1.807) is 6.07 Å². The monoisotopic (exact) mass is 237 g/mol. The van der Waals surface area contributed by atoms with E-state index in [9.17, 15) is 4.39 Å². The number of likely N-dealkylation sites (N-methyl/N-ethyl adjacent to an activating group) is 1. The lowest BCUT2D eigenvalue weighted by atomic mass is 10.0. The van der Waals surface area contributed by atoms with E-state index in [0.717, 1.165) is 37.4 Å². The van der Waals surface area contributed by atoms with Crippen molar-refractivity contribution in [2.45, 2.75) is 13.0 Å². The highest BCUT2D eigenvalue weighted by atomic mass is 19.1. The van der Waals surface area contributed by atoms with Gasteiger partial charge in [0.25, 0.3) is 0 Å². The molecule has 0 spiro atoms. The highest BCUT2D eigenvalue weighted by Crippen LogP contribution is 2.26. The van der Waals surface area contributed by atoms with Crippen molar-refractivity contribution in [1.82, 2.24) is 4.90 Å². The molecule has 2 rings (SSSR count). The third kappa shape index (κ3) is 2.76. The van der Waals surface area contributed by atoms with E-state index in [1.807, 2.05) is 13.0 Å². The van der Waals surface area contributed by atoms with Crippen LogP contribution in [0.3, 0.4) is 0 Å². The molecular weight excluding hydrogens is 217 g/mol. The van der Waals surface area contributed by atoms with Crippen LogP contribution in [0.2, 0.25) is 0 Å². The SMILES string of the molecule is C[C@H](N)c1cc(F)ccc1N1CCN(C)CC1. The van der Waals surface area contributed by atoms with Gasteiger partial charge in [-0.3, -0.25) is 0 Å². The summed E-state index contributed by atoms with van der Waals surface area (Å²) in [6.07, 6.45) is 0. The maximum Gasteiger partial charge on any atom is 0.123 e. The Morgan fingerprint density at radius 2 is 1.88 bits per heavy atom. The molecule has 0 saturated carbocycles. The van der Waals surface area contributed by atoms with Crippen LogP contribution in [0.15, 0.2) is 18.2 Å². The van der Waals surface area contributed by atoms with E-state index in [0.29, 0.717) is 0 Å². The van der Waals surface area contributed by atoms with Crippen molar-refractivity contribution in [3.8, 4) is 0 Å². The summed E-state index contributed by atoms with van der Waals surface area (Å²) in [5, 5.41) is 0. The minimum absolute atomic E-state index is 0.139. The number of nitrogens with zero attached hydrogens (tertiary/aromatic N) is 2. The topological polar surface area (TPSA) is 32.5 Å². The van der Waals surface area contributed by atoms with E-state index in [4.69, 9.17) is 5.73 Å². The average Bonchev–Trinajstić information content (AvgIpc) is 2.30. The standard InChI is InChI=1S/C13H20FN3/c1-10(15)12-9-11(14)3-4-13(12)17-7-5-16(2)6-8-17/h3-4,9-10H,5-8,15H2,1-2H3/t10-/m0/s1. The Bertz CT molecular complexity index is 384. The van der Waals surface area contributed by atoms with E-state index < -0.39 is 0 Å². The van der Waals surface area contributed by atoms with Gasteiger partial charge in [0.1, 0.15) is 5.82 Å². The summed E-state index contributed by atoms with van der Waals surface area (Å²) < 4.78 is 13.3. The molecule has 0 bridgehead atoms. The summed E-state index contributed by atoms with van der Waals surface area (Å²) >= 11 is 0. The zero-order chi connectivity index (χ0) is 12.4. The molecule has 94 valence electrons. The average molecular weight is 237 g/mol. The Kier molecular flexibility index (Phi) is 3.64. The normalized spacial score (nSPS) is 19.4. The molecule has 0 radical (unpaired) electrons. The lowest BCUT2D eigenvalue weighted by molar-refractivity contribution is 0.312. The van der Waals surface area contributed by atoms with Crippen LogP contribution in [0.1, 0.15) is 18.5 Å². The highest BCUT2D eigenvalue weighted by Gasteiger charge is 2.18. The Morgan fingerprint density at radius 3 is 2.47 bits per heavy atom. The molecule has 1 heterocycles. The first-order chi connectivity index (χ1) is 8.08. The fourth-order valence-electron chi connectivity index (χ4n) is 2.23.